The number of benzene rings is 1. The summed E-state index contributed by atoms with van der Waals surface area (Å²) >= 11 is 5.70. The number of ether oxygens (including phenoxy) is 1. The van der Waals surface area contributed by atoms with Gasteiger partial charge in [-0.25, -0.2) is 4.84 Å². The zero-order chi connectivity index (χ0) is 12.4. The van der Waals surface area contributed by atoms with E-state index >= 15 is 0 Å². The molecule has 5 heteroatoms. The Kier molecular flexibility index (Phi) is 3.54. The Labute approximate surface area is 105 Å². The van der Waals surface area contributed by atoms with Gasteiger partial charge in [0.05, 0.1) is 25.1 Å². The van der Waals surface area contributed by atoms with E-state index in [0.29, 0.717) is 0 Å². The number of carbonyl (C=O) groups is 1. The lowest BCUT2D eigenvalue weighted by atomic mass is 9.96. The Morgan fingerprint density at radius 2 is 2.00 bits per heavy atom. The monoisotopic (exact) mass is 254 g/mol. The molecule has 4 nitrogen and oxygen atoms in total. The van der Waals surface area contributed by atoms with Crippen molar-refractivity contribution in [3.8, 4) is 5.75 Å². The maximum atomic E-state index is 11.6. The van der Waals surface area contributed by atoms with Crippen LogP contribution in [0.15, 0.2) is 24.3 Å². The van der Waals surface area contributed by atoms with Crippen molar-refractivity contribution >= 4 is 17.7 Å². The highest BCUT2D eigenvalue weighted by atomic mass is 35.5. The molecule has 0 aromatic heterocycles. The molecule has 0 radical (unpaired) electrons. The molecule has 2 rings (SSSR count). The first-order chi connectivity index (χ1) is 8.17. The van der Waals surface area contributed by atoms with Crippen LogP contribution in [0.2, 0.25) is 0 Å². The highest BCUT2D eigenvalue weighted by molar-refractivity contribution is 6.14. The normalized spacial score (nSPS) is 27.9. The van der Waals surface area contributed by atoms with Gasteiger partial charge >= 0.3 is 0 Å². The molecule has 0 saturated carbocycles. The van der Waals surface area contributed by atoms with Gasteiger partial charge in [-0.2, -0.15) is 0 Å². The lowest BCUT2D eigenvalue weighted by Crippen LogP contribution is -2.31. The van der Waals surface area contributed by atoms with Crippen molar-refractivity contribution in [2.75, 3.05) is 7.11 Å². The highest BCUT2D eigenvalue weighted by Gasteiger charge is 2.39. The first-order valence-corrected chi connectivity index (χ1v) is 5.85. The van der Waals surface area contributed by atoms with E-state index in [1.807, 2.05) is 31.2 Å². The predicted octanol–water partition coefficient (Wildman–Crippen LogP) is 1.61. The Morgan fingerprint density at radius 3 is 2.53 bits per heavy atom. The summed E-state index contributed by atoms with van der Waals surface area (Å²) in [6.45, 7) is 1.86. The van der Waals surface area contributed by atoms with Crippen LogP contribution in [0.1, 0.15) is 18.5 Å². The smallest absolute Gasteiger partial charge is 0.225 e. The molecule has 0 spiro atoms. The molecule has 1 aliphatic rings. The van der Waals surface area contributed by atoms with Crippen LogP contribution in [-0.2, 0) is 4.79 Å². The fraction of sp³-hybridized carbons (Fsp3) is 0.417. The zero-order valence-corrected chi connectivity index (χ0v) is 10.5. The van der Waals surface area contributed by atoms with Crippen LogP contribution in [0.4, 0.5) is 0 Å². The van der Waals surface area contributed by atoms with Gasteiger partial charge in [0.2, 0.25) is 5.91 Å². The van der Waals surface area contributed by atoms with Crippen molar-refractivity contribution < 1.29 is 9.53 Å². The number of rotatable bonds is 3. The molecule has 1 aromatic carbocycles. The van der Waals surface area contributed by atoms with Crippen molar-refractivity contribution in [2.45, 2.75) is 19.0 Å². The minimum absolute atomic E-state index is 0.0176. The Hall–Kier alpha value is -1.26. The summed E-state index contributed by atoms with van der Waals surface area (Å²) in [5.41, 5.74) is 1.02. The zero-order valence-electron chi connectivity index (χ0n) is 9.74. The van der Waals surface area contributed by atoms with Crippen LogP contribution in [0.5, 0.6) is 5.75 Å². The lowest BCUT2D eigenvalue weighted by molar-refractivity contribution is -0.122. The Morgan fingerprint density at radius 1 is 1.35 bits per heavy atom. The molecule has 17 heavy (non-hydrogen) atoms. The lowest BCUT2D eigenvalue weighted by Gasteiger charge is -2.19. The Balaban J connectivity index is 2.23. The Bertz CT molecular complexity index is 407. The van der Waals surface area contributed by atoms with Crippen LogP contribution in [0.25, 0.3) is 0 Å². The first-order valence-electron chi connectivity index (χ1n) is 5.48. The van der Waals surface area contributed by atoms with E-state index in [1.165, 1.54) is 0 Å². The first kappa shape index (κ1) is 12.2. The van der Waals surface area contributed by atoms with Gasteiger partial charge in [0.1, 0.15) is 5.75 Å². The molecule has 0 aliphatic carbocycles. The van der Waals surface area contributed by atoms with Crippen LogP contribution in [0.3, 0.4) is 0 Å². The molecule has 0 bridgehead atoms. The molecule has 1 aliphatic heterocycles. The molecule has 92 valence electrons. The third-order valence-corrected chi connectivity index (χ3v) is 3.46. The third-order valence-electron chi connectivity index (χ3n) is 3.21. The number of methoxy groups -OCH3 is 1. The van der Waals surface area contributed by atoms with Gasteiger partial charge < -0.3 is 10.1 Å². The van der Waals surface area contributed by atoms with Crippen LogP contribution < -0.4 is 14.9 Å². The number of hydrogen-bond donors (Lipinski definition) is 2. The molecular formula is C12H15ClN2O2. The summed E-state index contributed by atoms with van der Waals surface area (Å²) < 4.78 is 5.10. The van der Waals surface area contributed by atoms with E-state index in [9.17, 15) is 4.79 Å². The SMILES string of the molecule is COc1ccc([C@H]2NC(=O)[C@@H](C)[C@@H]2NCl)cc1. The van der Waals surface area contributed by atoms with Gasteiger partial charge in [-0.05, 0) is 29.5 Å². The van der Waals surface area contributed by atoms with Gasteiger partial charge in [-0.3, -0.25) is 4.79 Å². The minimum Gasteiger partial charge on any atom is -0.497 e. The van der Waals surface area contributed by atoms with E-state index in [2.05, 4.69) is 10.2 Å². The highest BCUT2D eigenvalue weighted by Crippen LogP contribution is 2.29. The van der Waals surface area contributed by atoms with Crippen molar-refractivity contribution in [3.05, 3.63) is 29.8 Å². The fourth-order valence-electron chi connectivity index (χ4n) is 2.09. The summed E-state index contributed by atoms with van der Waals surface area (Å²) in [7, 11) is 1.62. The topological polar surface area (TPSA) is 50.4 Å². The number of hydrogen-bond acceptors (Lipinski definition) is 3. The van der Waals surface area contributed by atoms with E-state index in [4.69, 9.17) is 16.5 Å². The van der Waals surface area contributed by atoms with Crippen molar-refractivity contribution in [2.24, 2.45) is 5.92 Å². The quantitative estimate of drug-likeness (QED) is 0.806. The second-order valence-corrected chi connectivity index (χ2v) is 4.40. The summed E-state index contributed by atoms with van der Waals surface area (Å²) in [6.07, 6.45) is 0. The van der Waals surface area contributed by atoms with Crippen molar-refractivity contribution in [3.63, 3.8) is 0 Å². The maximum absolute atomic E-state index is 11.6. The molecule has 3 atom stereocenters. The van der Waals surface area contributed by atoms with E-state index < -0.39 is 0 Å². The molecule has 1 saturated heterocycles. The molecule has 1 aromatic rings. The standard InChI is InChI=1S/C12H15ClN2O2/c1-7-10(15-13)11(14-12(7)16)8-3-5-9(17-2)6-4-8/h3-7,10-11,15H,1-2H3,(H,14,16)/t7-,10-,11+/m0/s1. The van der Waals surface area contributed by atoms with E-state index in [0.717, 1.165) is 11.3 Å². The average Bonchev–Trinajstić information content (AvgIpc) is 2.65. The van der Waals surface area contributed by atoms with Gasteiger partial charge in [0, 0.05) is 0 Å². The largest absolute Gasteiger partial charge is 0.497 e. The van der Waals surface area contributed by atoms with Crippen LogP contribution in [0, 0.1) is 5.92 Å². The van der Waals surface area contributed by atoms with Gasteiger partial charge in [0.25, 0.3) is 0 Å². The molecule has 2 N–H and O–H groups in total. The van der Waals surface area contributed by atoms with Crippen molar-refractivity contribution in [1.29, 1.82) is 0 Å². The summed E-state index contributed by atoms with van der Waals surface area (Å²) in [6, 6.07) is 7.41. The number of amides is 1. The second kappa shape index (κ2) is 4.94. The predicted molar refractivity (Wildman–Crippen MR) is 65.8 cm³/mol. The number of nitrogens with one attached hydrogen (secondary N) is 2. The summed E-state index contributed by atoms with van der Waals surface area (Å²) in [4.78, 5) is 14.3. The molecule has 1 heterocycles. The van der Waals surface area contributed by atoms with Gasteiger partial charge in [0.15, 0.2) is 0 Å². The van der Waals surface area contributed by atoms with Gasteiger partial charge in [-0.15, -0.1) is 0 Å². The fourth-order valence-corrected chi connectivity index (χ4v) is 2.40. The van der Waals surface area contributed by atoms with E-state index in [-0.39, 0.29) is 23.9 Å². The minimum atomic E-state index is -0.139. The van der Waals surface area contributed by atoms with Crippen LogP contribution >= 0.6 is 11.8 Å². The third kappa shape index (κ3) is 2.23. The summed E-state index contributed by atoms with van der Waals surface area (Å²) in [5.74, 6) is 0.671. The molecular weight excluding hydrogens is 240 g/mol. The number of carbonyl (C=O) groups excluding carboxylic acids is 1. The average molecular weight is 255 g/mol. The summed E-state index contributed by atoms with van der Waals surface area (Å²) in [5, 5.41) is 2.93. The van der Waals surface area contributed by atoms with Gasteiger partial charge in [-0.1, -0.05) is 19.1 Å². The molecule has 0 unspecified atom stereocenters. The van der Waals surface area contributed by atoms with E-state index in [1.54, 1.807) is 7.11 Å². The second-order valence-electron chi connectivity index (χ2n) is 4.18. The molecule has 1 amide bonds. The van der Waals surface area contributed by atoms with Crippen molar-refractivity contribution in [1.82, 2.24) is 10.2 Å². The van der Waals surface area contributed by atoms with Crippen LogP contribution in [-0.4, -0.2) is 19.1 Å². The molecule has 1 fully saturated rings. The maximum Gasteiger partial charge on any atom is 0.225 e. The number of halogens is 1.